The van der Waals surface area contributed by atoms with Crippen molar-refractivity contribution in [2.45, 2.75) is 13.8 Å². The second-order valence-electron chi connectivity index (χ2n) is 6.79. The Balaban J connectivity index is 1.81. The molecule has 0 aromatic heterocycles. The Kier molecular flexibility index (Phi) is 8.37. The summed E-state index contributed by atoms with van der Waals surface area (Å²) in [7, 11) is -2.97. The van der Waals surface area contributed by atoms with Crippen molar-refractivity contribution in [1.82, 2.24) is 10.2 Å². The molecular weight excluding hydrogens is 364 g/mol. The molecule has 0 bridgehead atoms. The molecule has 0 amide bonds. The van der Waals surface area contributed by atoms with E-state index >= 15 is 0 Å². The SMILES string of the molecule is CCNC(=NCCOCCS(C)(=O)=O)N1CCN(c2cccc(C)c2)CC1. The minimum atomic E-state index is -2.97. The first-order chi connectivity index (χ1) is 12.9. The molecular formula is C19H32N4O3S. The van der Waals surface area contributed by atoms with Crippen LogP contribution in [0.25, 0.3) is 0 Å². The number of nitrogens with one attached hydrogen (secondary N) is 1. The van der Waals surface area contributed by atoms with Gasteiger partial charge < -0.3 is 19.9 Å². The molecule has 0 aliphatic carbocycles. The van der Waals surface area contributed by atoms with Crippen LogP contribution in [-0.2, 0) is 14.6 Å². The van der Waals surface area contributed by atoms with E-state index in [2.05, 4.69) is 58.2 Å². The predicted molar refractivity (Wildman–Crippen MR) is 111 cm³/mol. The molecule has 0 saturated carbocycles. The van der Waals surface area contributed by atoms with Gasteiger partial charge >= 0.3 is 0 Å². The summed E-state index contributed by atoms with van der Waals surface area (Å²) in [5.74, 6) is 0.950. The maximum absolute atomic E-state index is 11.1. The van der Waals surface area contributed by atoms with E-state index < -0.39 is 9.84 Å². The molecule has 1 aromatic carbocycles. The Bertz CT molecular complexity index is 713. The zero-order chi connectivity index (χ0) is 19.7. The van der Waals surface area contributed by atoms with Gasteiger partial charge in [-0.25, -0.2) is 8.42 Å². The molecule has 27 heavy (non-hydrogen) atoms. The number of sulfone groups is 1. The number of rotatable bonds is 8. The highest BCUT2D eigenvalue weighted by Crippen LogP contribution is 2.17. The molecule has 1 saturated heterocycles. The Labute approximate surface area is 163 Å². The molecule has 1 heterocycles. The average Bonchev–Trinajstić information content (AvgIpc) is 2.63. The fourth-order valence-electron chi connectivity index (χ4n) is 2.96. The topological polar surface area (TPSA) is 74.2 Å². The fourth-order valence-corrected chi connectivity index (χ4v) is 3.38. The second-order valence-corrected chi connectivity index (χ2v) is 9.05. The zero-order valence-electron chi connectivity index (χ0n) is 16.6. The van der Waals surface area contributed by atoms with Crippen LogP contribution in [0.4, 0.5) is 5.69 Å². The van der Waals surface area contributed by atoms with E-state index in [0.717, 1.165) is 38.7 Å². The van der Waals surface area contributed by atoms with E-state index in [1.54, 1.807) is 0 Å². The number of hydrogen-bond acceptors (Lipinski definition) is 5. The van der Waals surface area contributed by atoms with E-state index in [1.807, 2.05) is 0 Å². The van der Waals surface area contributed by atoms with Crippen LogP contribution < -0.4 is 10.2 Å². The molecule has 1 aliphatic heterocycles. The molecule has 1 N–H and O–H groups in total. The van der Waals surface area contributed by atoms with E-state index in [0.29, 0.717) is 13.2 Å². The van der Waals surface area contributed by atoms with E-state index in [9.17, 15) is 8.42 Å². The van der Waals surface area contributed by atoms with Gasteiger partial charge in [-0.15, -0.1) is 0 Å². The van der Waals surface area contributed by atoms with Gasteiger partial charge in [0, 0.05) is 44.7 Å². The molecule has 2 rings (SSSR count). The first-order valence-corrected chi connectivity index (χ1v) is 11.6. The number of guanidine groups is 1. The molecule has 152 valence electrons. The van der Waals surface area contributed by atoms with Gasteiger partial charge in [0.1, 0.15) is 9.84 Å². The maximum atomic E-state index is 11.1. The maximum Gasteiger partial charge on any atom is 0.194 e. The van der Waals surface area contributed by atoms with Gasteiger partial charge in [-0.3, -0.25) is 4.99 Å². The van der Waals surface area contributed by atoms with Crippen molar-refractivity contribution in [2.75, 3.05) is 69.4 Å². The van der Waals surface area contributed by atoms with Crippen LogP contribution in [0.1, 0.15) is 12.5 Å². The van der Waals surface area contributed by atoms with Crippen LogP contribution >= 0.6 is 0 Å². The van der Waals surface area contributed by atoms with Crippen molar-refractivity contribution < 1.29 is 13.2 Å². The highest BCUT2D eigenvalue weighted by Gasteiger charge is 2.19. The van der Waals surface area contributed by atoms with Crippen molar-refractivity contribution >= 4 is 21.5 Å². The van der Waals surface area contributed by atoms with Crippen LogP contribution in [0.15, 0.2) is 29.3 Å². The summed E-state index contributed by atoms with van der Waals surface area (Å²) in [5, 5.41) is 3.34. The summed E-state index contributed by atoms with van der Waals surface area (Å²) in [6.07, 6.45) is 1.22. The summed E-state index contributed by atoms with van der Waals surface area (Å²) >= 11 is 0. The Morgan fingerprint density at radius 1 is 1.22 bits per heavy atom. The monoisotopic (exact) mass is 396 g/mol. The number of benzene rings is 1. The van der Waals surface area contributed by atoms with Gasteiger partial charge in [0.05, 0.1) is 25.5 Å². The van der Waals surface area contributed by atoms with Gasteiger partial charge in [0.25, 0.3) is 0 Å². The summed E-state index contributed by atoms with van der Waals surface area (Å²) in [5.41, 5.74) is 2.55. The summed E-state index contributed by atoms with van der Waals surface area (Å²) in [6.45, 7) is 9.89. The summed E-state index contributed by atoms with van der Waals surface area (Å²) in [4.78, 5) is 9.30. The molecule has 1 aromatic rings. The van der Waals surface area contributed by atoms with Gasteiger partial charge in [0.15, 0.2) is 5.96 Å². The summed E-state index contributed by atoms with van der Waals surface area (Å²) in [6, 6.07) is 8.61. The van der Waals surface area contributed by atoms with Gasteiger partial charge in [-0.2, -0.15) is 0 Å². The zero-order valence-corrected chi connectivity index (χ0v) is 17.5. The molecule has 0 spiro atoms. The molecule has 0 atom stereocenters. The Hall–Kier alpha value is -1.80. The summed E-state index contributed by atoms with van der Waals surface area (Å²) < 4.78 is 27.5. The number of aliphatic imine (C=N–C) groups is 1. The van der Waals surface area contributed by atoms with Gasteiger partial charge in [-0.1, -0.05) is 12.1 Å². The number of aryl methyl sites for hydroxylation is 1. The lowest BCUT2D eigenvalue weighted by atomic mass is 10.2. The molecule has 1 fully saturated rings. The third-order valence-corrected chi connectivity index (χ3v) is 5.28. The molecule has 0 unspecified atom stereocenters. The van der Waals surface area contributed by atoms with Crippen molar-refractivity contribution in [3.8, 4) is 0 Å². The standard InChI is InChI=1S/C19H32N4O3S/c1-4-20-19(21-8-13-26-14-15-27(3,24)25)23-11-9-22(10-12-23)18-7-5-6-17(2)16-18/h5-7,16H,4,8-15H2,1-3H3,(H,20,21). The predicted octanol–water partition coefficient (Wildman–Crippen LogP) is 1.14. The van der Waals surface area contributed by atoms with Crippen LogP contribution in [0.5, 0.6) is 0 Å². The van der Waals surface area contributed by atoms with E-state index in [1.165, 1.54) is 17.5 Å². The smallest absolute Gasteiger partial charge is 0.194 e. The number of anilines is 1. The molecule has 8 heteroatoms. The number of piperazine rings is 1. The number of nitrogens with zero attached hydrogens (tertiary/aromatic N) is 3. The van der Waals surface area contributed by atoms with Crippen molar-refractivity contribution in [3.63, 3.8) is 0 Å². The van der Waals surface area contributed by atoms with Crippen molar-refractivity contribution in [3.05, 3.63) is 29.8 Å². The van der Waals surface area contributed by atoms with Gasteiger partial charge in [-0.05, 0) is 31.5 Å². The van der Waals surface area contributed by atoms with Crippen LogP contribution in [0.2, 0.25) is 0 Å². The van der Waals surface area contributed by atoms with E-state index in [4.69, 9.17) is 4.74 Å². The lowest BCUT2D eigenvalue weighted by Crippen LogP contribution is -2.52. The minimum Gasteiger partial charge on any atom is -0.378 e. The quantitative estimate of drug-likeness (QED) is 0.404. The Morgan fingerprint density at radius 3 is 2.59 bits per heavy atom. The lowest BCUT2D eigenvalue weighted by Gasteiger charge is -2.37. The third kappa shape index (κ3) is 7.76. The van der Waals surface area contributed by atoms with Gasteiger partial charge in [0.2, 0.25) is 0 Å². The van der Waals surface area contributed by atoms with Crippen LogP contribution in [0, 0.1) is 6.92 Å². The van der Waals surface area contributed by atoms with Crippen LogP contribution in [0.3, 0.4) is 0 Å². The third-order valence-electron chi connectivity index (χ3n) is 4.38. The highest BCUT2D eigenvalue weighted by molar-refractivity contribution is 7.90. The molecule has 1 aliphatic rings. The average molecular weight is 397 g/mol. The van der Waals surface area contributed by atoms with Crippen LogP contribution in [-0.4, -0.2) is 83.8 Å². The molecule has 0 radical (unpaired) electrons. The lowest BCUT2D eigenvalue weighted by molar-refractivity contribution is 0.157. The Morgan fingerprint density at radius 2 is 1.96 bits per heavy atom. The van der Waals surface area contributed by atoms with Crippen molar-refractivity contribution in [2.24, 2.45) is 4.99 Å². The second kappa shape index (κ2) is 10.5. The fraction of sp³-hybridized carbons (Fsp3) is 0.632. The normalized spacial score (nSPS) is 15.9. The van der Waals surface area contributed by atoms with Crippen molar-refractivity contribution in [1.29, 1.82) is 0 Å². The first kappa shape index (κ1) is 21.5. The number of ether oxygens (including phenoxy) is 1. The van der Waals surface area contributed by atoms with E-state index in [-0.39, 0.29) is 12.4 Å². The number of hydrogen-bond donors (Lipinski definition) is 1. The minimum absolute atomic E-state index is 0.0533. The molecule has 7 nitrogen and oxygen atoms in total. The largest absolute Gasteiger partial charge is 0.378 e. The highest BCUT2D eigenvalue weighted by atomic mass is 32.2. The first-order valence-electron chi connectivity index (χ1n) is 9.49.